The van der Waals surface area contributed by atoms with Crippen LogP contribution >= 0.6 is 22.9 Å². The third-order valence-electron chi connectivity index (χ3n) is 4.40. The fourth-order valence-electron chi connectivity index (χ4n) is 3.21. The van der Waals surface area contributed by atoms with E-state index >= 15 is 0 Å². The second-order valence-corrected chi connectivity index (χ2v) is 7.38. The molecule has 0 unspecified atom stereocenters. The van der Waals surface area contributed by atoms with Crippen LogP contribution in [0, 0.1) is 23.2 Å². The fourth-order valence-corrected chi connectivity index (χ4v) is 4.70. The summed E-state index contributed by atoms with van der Waals surface area (Å²) >= 11 is 7.38. The van der Waals surface area contributed by atoms with Gasteiger partial charge in [-0.1, -0.05) is 17.7 Å². The van der Waals surface area contributed by atoms with E-state index in [1.807, 2.05) is 0 Å². The molecule has 0 saturated carbocycles. The van der Waals surface area contributed by atoms with Crippen molar-refractivity contribution in [2.24, 2.45) is 11.8 Å². The Kier molecular flexibility index (Phi) is 4.42. The van der Waals surface area contributed by atoms with Crippen LogP contribution in [0.15, 0.2) is 11.1 Å². The van der Waals surface area contributed by atoms with Crippen LogP contribution in [0.25, 0.3) is 0 Å². The highest BCUT2D eigenvalue weighted by atomic mass is 35.5. The number of thiophene rings is 1. The van der Waals surface area contributed by atoms with E-state index in [0.29, 0.717) is 15.6 Å². The largest absolute Gasteiger partial charge is 0.550 e. The number of rotatable bonds is 3. The molecule has 0 bridgehead atoms. The molecule has 3 rings (SSSR count). The number of halogens is 1. The van der Waals surface area contributed by atoms with Crippen LogP contribution in [0.1, 0.15) is 35.3 Å². The molecule has 1 amide bonds. The molecule has 1 aromatic heterocycles. The summed E-state index contributed by atoms with van der Waals surface area (Å²) in [6.45, 7) is 0. The summed E-state index contributed by atoms with van der Waals surface area (Å²) in [5, 5.41) is 24.3. The number of nitrogens with one attached hydrogen (secondary N) is 1. The number of carbonyl (C=O) groups excluding carboxylic acids is 2. The molecule has 120 valence electrons. The topological polar surface area (TPSA) is 93.0 Å². The van der Waals surface area contributed by atoms with Gasteiger partial charge in [-0.05, 0) is 37.7 Å². The molecule has 5 nitrogen and oxygen atoms in total. The molecular weight excluding hydrogens is 336 g/mol. The number of anilines is 1. The Balaban J connectivity index is 1.83. The normalized spacial score (nSPS) is 22.9. The molecule has 0 fully saturated rings. The standard InChI is InChI=1S/C16H15ClN2O3S/c17-8-4-5-10(16(21)22)11(6-8)14(20)19-15-12(7-18)9-2-1-3-13(9)23-15/h4,10-11H,1-3,5-6H2,(H,19,20)(H,21,22)/p-1/t10-,11+/m0/s1. The molecule has 0 spiro atoms. The number of carboxylic acids is 1. The van der Waals surface area contributed by atoms with Crippen LogP contribution in [0.5, 0.6) is 0 Å². The van der Waals surface area contributed by atoms with Gasteiger partial charge in [0.15, 0.2) is 0 Å². The van der Waals surface area contributed by atoms with Crippen molar-refractivity contribution in [1.29, 1.82) is 5.26 Å². The van der Waals surface area contributed by atoms with E-state index in [9.17, 15) is 20.0 Å². The first-order valence-corrected chi connectivity index (χ1v) is 8.61. The zero-order valence-corrected chi connectivity index (χ0v) is 13.8. The number of aliphatic carboxylic acids is 1. The van der Waals surface area contributed by atoms with E-state index in [2.05, 4.69) is 11.4 Å². The minimum absolute atomic E-state index is 0.180. The highest BCUT2D eigenvalue weighted by molar-refractivity contribution is 7.16. The molecule has 2 aliphatic carbocycles. The summed E-state index contributed by atoms with van der Waals surface area (Å²) in [7, 11) is 0. The molecule has 0 radical (unpaired) electrons. The Labute approximate surface area is 142 Å². The van der Waals surface area contributed by atoms with Crippen LogP contribution in [0.4, 0.5) is 5.00 Å². The summed E-state index contributed by atoms with van der Waals surface area (Å²) in [6, 6.07) is 2.16. The zero-order chi connectivity index (χ0) is 16.6. The number of carbonyl (C=O) groups is 2. The molecule has 0 aliphatic heterocycles. The summed E-state index contributed by atoms with van der Waals surface area (Å²) < 4.78 is 0. The predicted octanol–water partition coefficient (Wildman–Crippen LogP) is 1.95. The number of fused-ring (bicyclic) bond motifs is 1. The van der Waals surface area contributed by atoms with E-state index in [4.69, 9.17) is 11.6 Å². The van der Waals surface area contributed by atoms with Gasteiger partial charge >= 0.3 is 0 Å². The fraction of sp³-hybridized carbons (Fsp3) is 0.438. The predicted molar refractivity (Wildman–Crippen MR) is 84.8 cm³/mol. The van der Waals surface area contributed by atoms with E-state index in [-0.39, 0.29) is 12.8 Å². The molecule has 7 heteroatoms. The van der Waals surface area contributed by atoms with E-state index < -0.39 is 23.7 Å². The number of nitriles is 1. The van der Waals surface area contributed by atoms with Gasteiger partial charge in [0.25, 0.3) is 0 Å². The molecule has 2 atom stereocenters. The molecular formula is C16H14ClN2O3S-. The van der Waals surface area contributed by atoms with Crippen molar-refractivity contribution in [3.05, 3.63) is 27.1 Å². The Bertz CT molecular complexity index is 747. The van der Waals surface area contributed by atoms with E-state index in [0.717, 1.165) is 29.7 Å². The minimum atomic E-state index is -1.25. The minimum Gasteiger partial charge on any atom is -0.550 e. The monoisotopic (exact) mass is 349 g/mol. The van der Waals surface area contributed by atoms with Crippen molar-refractivity contribution in [2.45, 2.75) is 32.1 Å². The average molecular weight is 350 g/mol. The van der Waals surface area contributed by atoms with Crippen LogP contribution < -0.4 is 10.4 Å². The maximum atomic E-state index is 12.5. The number of nitrogens with zero attached hydrogens (tertiary/aromatic N) is 1. The third kappa shape index (κ3) is 2.99. The van der Waals surface area contributed by atoms with Crippen molar-refractivity contribution in [1.82, 2.24) is 0 Å². The molecule has 2 aliphatic rings. The Morgan fingerprint density at radius 1 is 1.39 bits per heavy atom. The molecule has 1 heterocycles. The van der Waals surface area contributed by atoms with Gasteiger partial charge in [-0.25, -0.2) is 0 Å². The summed E-state index contributed by atoms with van der Waals surface area (Å²) in [6.07, 6.45) is 4.78. The first kappa shape index (κ1) is 16.0. The van der Waals surface area contributed by atoms with E-state index in [1.54, 1.807) is 6.08 Å². The first-order chi connectivity index (χ1) is 11.0. The van der Waals surface area contributed by atoms with Crippen LogP contribution in [-0.2, 0) is 22.4 Å². The maximum absolute atomic E-state index is 12.5. The van der Waals surface area contributed by atoms with Crippen molar-refractivity contribution >= 4 is 39.8 Å². The van der Waals surface area contributed by atoms with Gasteiger partial charge in [0, 0.05) is 21.8 Å². The van der Waals surface area contributed by atoms with Crippen molar-refractivity contribution in [3.8, 4) is 6.07 Å². The highest BCUT2D eigenvalue weighted by Gasteiger charge is 2.33. The highest BCUT2D eigenvalue weighted by Crippen LogP contribution is 2.39. The summed E-state index contributed by atoms with van der Waals surface area (Å²) in [4.78, 5) is 24.9. The second kappa shape index (κ2) is 6.34. The van der Waals surface area contributed by atoms with Crippen LogP contribution in [0.2, 0.25) is 0 Å². The SMILES string of the molecule is N#Cc1c(NC(=O)[C@@H]2CC(Cl)=CC[C@@H]2C(=O)[O-])sc2c1CCC2. The van der Waals surface area contributed by atoms with Gasteiger partial charge in [0.2, 0.25) is 5.91 Å². The maximum Gasteiger partial charge on any atom is 0.229 e. The van der Waals surface area contributed by atoms with Gasteiger partial charge in [-0.3, -0.25) is 4.79 Å². The van der Waals surface area contributed by atoms with Gasteiger partial charge in [-0.15, -0.1) is 11.3 Å². The van der Waals surface area contributed by atoms with Gasteiger partial charge in [-0.2, -0.15) is 5.26 Å². The lowest BCUT2D eigenvalue weighted by atomic mass is 9.82. The number of amides is 1. The van der Waals surface area contributed by atoms with Crippen molar-refractivity contribution in [2.75, 3.05) is 5.32 Å². The van der Waals surface area contributed by atoms with Crippen LogP contribution in [0.3, 0.4) is 0 Å². The Morgan fingerprint density at radius 3 is 2.87 bits per heavy atom. The molecule has 1 aromatic rings. The number of hydrogen-bond acceptors (Lipinski definition) is 5. The van der Waals surface area contributed by atoms with Gasteiger partial charge < -0.3 is 15.2 Å². The van der Waals surface area contributed by atoms with E-state index in [1.165, 1.54) is 11.3 Å². The van der Waals surface area contributed by atoms with Gasteiger partial charge in [0.1, 0.15) is 11.1 Å². The Hall–Kier alpha value is -1.84. The quantitative estimate of drug-likeness (QED) is 0.902. The number of aryl methyl sites for hydroxylation is 1. The molecule has 0 saturated heterocycles. The summed E-state index contributed by atoms with van der Waals surface area (Å²) in [5.74, 6) is -3.34. The average Bonchev–Trinajstić information content (AvgIpc) is 3.07. The lowest BCUT2D eigenvalue weighted by Gasteiger charge is -2.29. The molecule has 0 aromatic carbocycles. The second-order valence-electron chi connectivity index (χ2n) is 5.79. The molecule has 23 heavy (non-hydrogen) atoms. The molecule has 1 N–H and O–H groups in total. The lowest BCUT2D eigenvalue weighted by Crippen LogP contribution is -2.42. The Morgan fingerprint density at radius 2 is 2.17 bits per heavy atom. The number of carboxylic acid groups (broad SMARTS) is 1. The van der Waals surface area contributed by atoms with Crippen molar-refractivity contribution < 1.29 is 14.7 Å². The zero-order valence-electron chi connectivity index (χ0n) is 12.2. The van der Waals surface area contributed by atoms with Crippen LogP contribution in [-0.4, -0.2) is 11.9 Å². The van der Waals surface area contributed by atoms with Crippen molar-refractivity contribution in [3.63, 3.8) is 0 Å². The number of allylic oxidation sites excluding steroid dienone is 2. The lowest BCUT2D eigenvalue weighted by molar-refractivity contribution is -0.313. The number of hydrogen-bond donors (Lipinski definition) is 1. The van der Waals surface area contributed by atoms with Gasteiger partial charge in [0.05, 0.1) is 11.5 Å². The third-order valence-corrected chi connectivity index (χ3v) is 5.92. The summed E-state index contributed by atoms with van der Waals surface area (Å²) in [5.41, 5.74) is 1.53. The smallest absolute Gasteiger partial charge is 0.229 e. The first-order valence-electron chi connectivity index (χ1n) is 7.42.